The van der Waals surface area contributed by atoms with Crippen molar-refractivity contribution in [3.05, 3.63) is 71.8 Å². The normalized spacial score (nSPS) is 10.5. The zero-order valence-electron chi connectivity index (χ0n) is 13.2. The van der Waals surface area contributed by atoms with Crippen molar-refractivity contribution < 1.29 is 10.2 Å². The molecular formula is C20H22O2. The summed E-state index contributed by atoms with van der Waals surface area (Å²) in [5.41, 5.74) is 5.02. The first kappa shape index (κ1) is 15.9. The van der Waals surface area contributed by atoms with Crippen LogP contribution in [0.3, 0.4) is 0 Å². The summed E-state index contributed by atoms with van der Waals surface area (Å²) < 4.78 is 0. The molecule has 0 aromatic heterocycles. The van der Waals surface area contributed by atoms with Crippen LogP contribution >= 0.6 is 0 Å². The van der Waals surface area contributed by atoms with E-state index in [4.69, 9.17) is 0 Å². The standard InChI is InChI=1S/C20H22O2/c1-5-7-15-9-13(3)19(21)17(11-15)18-12-16(8-6-2)10-14(4)20(18)22/h5-6,9-12,21-22H,1-2,7-8H2,3-4H3. The number of rotatable bonds is 5. The minimum atomic E-state index is 0.207. The molecule has 114 valence electrons. The van der Waals surface area contributed by atoms with E-state index in [1.807, 2.05) is 50.3 Å². The van der Waals surface area contributed by atoms with Crippen molar-refractivity contribution in [2.24, 2.45) is 0 Å². The number of aryl methyl sites for hydroxylation is 2. The fourth-order valence-electron chi connectivity index (χ4n) is 2.69. The van der Waals surface area contributed by atoms with Crippen LogP contribution < -0.4 is 0 Å². The van der Waals surface area contributed by atoms with Crippen LogP contribution in [0.2, 0.25) is 0 Å². The van der Waals surface area contributed by atoms with Gasteiger partial charge in [0.05, 0.1) is 0 Å². The van der Waals surface area contributed by atoms with Gasteiger partial charge in [-0.15, -0.1) is 13.2 Å². The first-order chi connectivity index (χ1) is 10.5. The Balaban J connectivity index is 2.69. The van der Waals surface area contributed by atoms with Crippen molar-refractivity contribution in [2.45, 2.75) is 26.7 Å². The molecule has 2 N–H and O–H groups in total. The van der Waals surface area contributed by atoms with Crippen molar-refractivity contribution in [1.82, 2.24) is 0 Å². The van der Waals surface area contributed by atoms with Crippen molar-refractivity contribution in [2.75, 3.05) is 0 Å². The summed E-state index contributed by atoms with van der Waals surface area (Å²) in [6.07, 6.45) is 5.10. The molecular weight excluding hydrogens is 272 g/mol. The van der Waals surface area contributed by atoms with Crippen LogP contribution in [-0.4, -0.2) is 10.2 Å². The first-order valence-corrected chi connectivity index (χ1v) is 7.35. The predicted molar refractivity (Wildman–Crippen MR) is 92.5 cm³/mol. The lowest BCUT2D eigenvalue weighted by molar-refractivity contribution is 0.464. The van der Waals surface area contributed by atoms with Gasteiger partial charge in [0.25, 0.3) is 0 Å². The number of aromatic hydroxyl groups is 2. The highest BCUT2D eigenvalue weighted by atomic mass is 16.3. The molecule has 0 spiro atoms. The van der Waals surface area contributed by atoms with E-state index in [-0.39, 0.29) is 11.5 Å². The third kappa shape index (κ3) is 3.06. The molecule has 0 amide bonds. The van der Waals surface area contributed by atoms with Gasteiger partial charge in [0, 0.05) is 11.1 Å². The maximum atomic E-state index is 10.4. The molecule has 2 heteroatoms. The SMILES string of the molecule is C=CCc1cc(C)c(O)c(-c2cc(CC=C)cc(C)c2O)c1. The van der Waals surface area contributed by atoms with E-state index in [2.05, 4.69) is 13.2 Å². The molecule has 0 radical (unpaired) electrons. The maximum Gasteiger partial charge on any atom is 0.126 e. The molecule has 0 bridgehead atoms. The Kier molecular flexibility index (Phi) is 4.71. The highest BCUT2D eigenvalue weighted by Crippen LogP contribution is 2.40. The molecule has 0 aliphatic rings. The molecule has 0 aliphatic heterocycles. The second-order valence-electron chi connectivity index (χ2n) is 5.60. The Morgan fingerprint density at radius 1 is 0.773 bits per heavy atom. The lowest BCUT2D eigenvalue weighted by Crippen LogP contribution is -1.92. The lowest BCUT2D eigenvalue weighted by Gasteiger charge is -2.14. The summed E-state index contributed by atoms with van der Waals surface area (Å²) in [5, 5.41) is 20.8. The van der Waals surface area contributed by atoms with Crippen molar-refractivity contribution in [1.29, 1.82) is 0 Å². The molecule has 2 aromatic carbocycles. The van der Waals surface area contributed by atoms with Crippen LogP contribution in [0.15, 0.2) is 49.6 Å². The second-order valence-corrected chi connectivity index (χ2v) is 5.60. The van der Waals surface area contributed by atoms with Crippen molar-refractivity contribution >= 4 is 0 Å². The smallest absolute Gasteiger partial charge is 0.126 e. The monoisotopic (exact) mass is 294 g/mol. The first-order valence-electron chi connectivity index (χ1n) is 7.35. The van der Waals surface area contributed by atoms with E-state index in [0.717, 1.165) is 35.1 Å². The molecule has 0 saturated carbocycles. The minimum absolute atomic E-state index is 0.207. The Labute approximate surface area is 132 Å². The highest BCUT2D eigenvalue weighted by molar-refractivity contribution is 5.79. The van der Waals surface area contributed by atoms with Gasteiger partial charge in [-0.3, -0.25) is 0 Å². The number of hydrogen-bond acceptors (Lipinski definition) is 2. The molecule has 0 fully saturated rings. The number of hydrogen-bond donors (Lipinski definition) is 2. The fraction of sp³-hybridized carbons (Fsp3) is 0.200. The fourth-order valence-corrected chi connectivity index (χ4v) is 2.69. The molecule has 22 heavy (non-hydrogen) atoms. The van der Waals surface area contributed by atoms with Gasteiger partial charge in [-0.1, -0.05) is 24.3 Å². The lowest BCUT2D eigenvalue weighted by atomic mass is 9.93. The second kappa shape index (κ2) is 6.52. The molecule has 2 rings (SSSR count). The van der Waals surface area contributed by atoms with E-state index >= 15 is 0 Å². The minimum Gasteiger partial charge on any atom is -0.507 e. The highest BCUT2D eigenvalue weighted by Gasteiger charge is 2.15. The van der Waals surface area contributed by atoms with Gasteiger partial charge < -0.3 is 10.2 Å². The summed E-state index contributed by atoms with van der Waals surface area (Å²) in [6, 6.07) is 7.71. The predicted octanol–water partition coefficient (Wildman–Crippen LogP) is 4.84. The van der Waals surface area contributed by atoms with Crippen LogP contribution in [0.25, 0.3) is 11.1 Å². The Bertz CT molecular complexity index is 663. The zero-order chi connectivity index (χ0) is 16.3. The number of benzene rings is 2. The van der Waals surface area contributed by atoms with Crippen LogP contribution in [-0.2, 0) is 12.8 Å². The topological polar surface area (TPSA) is 40.5 Å². The summed E-state index contributed by atoms with van der Waals surface area (Å²) in [4.78, 5) is 0. The van der Waals surface area contributed by atoms with Gasteiger partial charge in [0.15, 0.2) is 0 Å². The average Bonchev–Trinajstić information content (AvgIpc) is 2.47. The maximum absolute atomic E-state index is 10.4. The molecule has 0 heterocycles. The Morgan fingerprint density at radius 3 is 1.45 bits per heavy atom. The quantitative estimate of drug-likeness (QED) is 0.775. The molecule has 0 unspecified atom stereocenters. The zero-order valence-corrected chi connectivity index (χ0v) is 13.2. The van der Waals surface area contributed by atoms with Gasteiger partial charge in [-0.2, -0.15) is 0 Å². The average molecular weight is 294 g/mol. The summed E-state index contributed by atoms with van der Waals surface area (Å²) in [5.74, 6) is 0.413. The summed E-state index contributed by atoms with van der Waals surface area (Å²) in [7, 11) is 0. The van der Waals surface area contributed by atoms with Crippen molar-refractivity contribution in [3.63, 3.8) is 0 Å². The third-order valence-electron chi connectivity index (χ3n) is 3.77. The van der Waals surface area contributed by atoms with E-state index < -0.39 is 0 Å². The number of phenols is 2. The van der Waals surface area contributed by atoms with E-state index in [9.17, 15) is 10.2 Å². The van der Waals surface area contributed by atoms with Gasteiger partial charge >= 0.3 is 0 Å². The van der Waals surface area contributed by atoms with E-state index in [1.54, 1.807) is 0 Å². The van der Waals surface area contributed by atoms with Crippen molar-refractivity contribution in [3.8, 4) is 22.6 Å². The van der Waals surface area contributed by atoms with Gasteiger partial charge in [-0.25, -0.2) is 0 Å². The van der Waals surface area contributed by atoms with E-state index in [0.29, 0.717) is 11.1 Å². The van der Waals surface area contributed by atoms with E-state index in [1.165, 1.54) is 0 Å². The van der Waals surface area contributed by atoms with Gasteiger partial charge in [-0.05, 0) is 61.1 Å². The Morgan fingerprint density at radius 2 is 1.14 bits per heavy atom. The molecule has 2 aromatic rings. The van der Waals surface area contributed by atoms with Crippen LogP contribution in [0, 0.1) is 13.8 Å². The Hall–Kier alpha value is -2.48. The number of phenolic OH excluding ortho intramolecular Hbond substituents is 2. The molecule has 2 nitrogen and oxygen atoms in total. The van der Waals surface area contributed by atoms with Gasteiger partial charge in [0.2, 0.25) is 0 Å². The van der Waals surface area contributed by atoms with Crippen LogP contribution in [0.1, 0.15) is 22.3 Å². The molecule has 0 atom stereocenters. The van der Waals surface area contributed by atoms with Crippen LogP contribution in [0.4, 0.5) is 0 Å². The van der Waals surface area contributed by atoms with Crippen LogP contribution in [0.5, 0.6) is 11.5 Å². The molecule has 0 saturated heterocycles. The number of allylic oxidation sites excluding steroid dienone is 2. The summed E-state index contributed by atoms with van der Waals surface area (Å²) >= 11 is 0. The third-order valence-corrected chi connectivity index (χ3v) is 3.77. The largest absolute Gasteiger partial charge is 0.507 e. The summed E-state index contributed by atoms with van der Waals surface area (Å²) in [6.45, 7) is 11.2. The molecule has 0 aliphatic carbocycles. The van der Waals surface area contributed by atoms with Gasteiger partial charge in [0.1, 0.15) is 11.5 Å².